The van der Waals surface area contributed by atoms with E-state index in [4.69, 9.17) is 10.5 Å². The van der Waals surface area contributed by atoms with E-state index in [0.717, 1.165) is 12.8 Å². The Balaban J connectivity index is 1.78. The fourth-order valence-electron chi connectivity index (χ4n) is 1.67. The van der Waals surface area contributed by atoms with E-state index in [9.17, 15) is 0 Å². The van der Waals surface area contributed by atoms with Gasteiger partial charge in [-0.1, -0.05) is 0 Å². The molecule has 2 N–H and O–H groups in total. The Morgan fingerprint density at radius 1 is 1.53 bits per heavy atom. The second-order valence-electron chi connectivity index (χ2n) is 4.25. The lowest BCUT2D eigenvalue weighted by atomic mass is 10.2. The average Bonchev–Trinajstić information content (AvgIpc) is 3.10. The fourth-order valence-corrected chi connectivity index (χ4v) is 1.67. The molecule has 84 valence electrons. The van der Waals surface area contributed by atoms with E-state index in [-0.39, 0.29) is 6.10 Å². The molecule has 4 nitrogen and oxygen atoms in total. The Bertz CT molecular complexity index is 271. The molecule has 0 radical (unpaired) electrons. The van der Waals surface area contributed by atoms with Crippen molar-refractivity contribution in [3.8, 4) is 0 Å². The van der Waals surface area contributed by atoms with Crippen molar-refractivity contribution in [2.75, 3.05) is 13.6 Å². The summed E-state index contributed by atoms with van der Waals surface area (Å²) in [5, 5.41) is 0. The first-order chi connectivity index (χ1) is 7.27. The van der Waals surface area contributed by atoms with Gasteiger partial charge in [0, 0.05) is 13.1 Å². The number of aliphatic imine (C=N–C) groups is 1. The Morgan fingerprint density at radius 2 is 2.33 bits per heavy atom. The number of rotatable bonds is 3. The van der Waals surface area contributed by atoms with E-state index in [1.807, 2.05) is 13.1 Å². The smallest absolute Gasteiger partial charge is 0.191 e. The van der Waals surface area contributed by atoms with Gasteiger partial charge < -0.3 is 15.4 Å². The monoisotopic (exact) mass is 209 g/mol. The van der Waals surface area contributed by atoms with Crippen LogP contribution in [0.15, 0.2) is 17.3 Å². The van der Waals surface area contributed by atoms with Gasteiger partial charge in [0.15, 0.2) is 5.96 Å². The van der Waals surface area contributed by atoms with Gasteiger partial charge in [-0.2, -0.15) is 0 Å². The average molecular weight is 209 g/mol. The van der Waals surface area contributed by atoms with E-state index in [1.54, 1.807) is 6.26 Å². The van der Waals surface area contributed by atoms with Crippen molar-refractivity contribution in [1.29, 1.82) is 0 Å². The maximum absolute atomic E-state index is 5.88. The summed E-state index contributed by atoms with van der Waals surface area (Å²) >= 11 is 0. The summed E-state index contributed by atoms with van der Waals surface area (Å²) in [5.74, 6) is 0.649. The largest absolute Gasteiger partial charge is 0.496 e. The molecule has 1 aliphatic carbocycles. The second kappa shape index (κ2) is 4.55. The number of nitrogens with two attached hydrogens (primary N) is 1. The first-order valence-electron chi connectivity index (χ1n) is 5.60. The molecule has 1 heterocycles. The van der Waals surface area contributed by atoms with Gasteiger partial charge in [0.25, 0.3) is 0 Å². The van der Waals surface area contributed by atoms with Crippen LogP contribution in [0.2, 0.25) is 0 Å². The summed E-state index contributed by atoms with van der Waals surface area (Å²) in [5.41, 5.74) is 5.88. The van der Waals surface area contributed by atoms with Gasteiger partial charge in [-0.3, -0.25) is 0 Å². The van der Waals surface area contributed by atoms with Crippen molar-refractivity contribution >= 4 is 5.96 Å². The van der Waals surface area contributed by atoms with Crippen LogP contribution in [0, 0.1) is 0 Å². The van der Waals surface area contributed by atoms with Crippen LogP contribution in [0.25, 0.3) is 0 Å². The molecule has 2 rings (SSSR count). The van der Waals surface area contributed by atoms with Crippen LogP contribution in [-0.4, -0.2) is 36.6 Å². The van der Waals surface area contributed by atoms with E-state index in [2.05, 4.69) is 9.89 Å². The van der Waals surface area contributed by atoms with Crippen molar-refractivity contribution < 1.29 is 4.74 Å². The highest BCUT2D eigenvalue weighted by molar-refractivity contribution is 5.78. The SMILES string of the molecule is CN(C(N)=NCC1CCC=CO1)C1CC1. The summed E-state index contributed by atoms with van der Waals surface area (Å²) < 4.78 is 5.42. The third-order valence-corrected chi connectivity index (χ3v) is 2.94. The lowest BCUT2D eigenvalue weighted by Gasteiger charge is -2.20. The maximum atomic E-state index is 5.88. The molecule has 0 bridgehead atoms. The molecule has 1 saturated carbocycles. The molecule has 1 atom stereocenters. The Kier molecular flexibility index (Phi) is 3.14. The van der Waals surface area contributed by atoms with Crippen molar-refractivity contribution in [2.45, 2.75) is 37.8 Å². The molecule has 0 aromatic carbocycles. The number of nitrogens with zero attached hydrogens (tertiary/aromatic N) is 2. The van der Waals surface area contributed by atoms with Gasteiger partial charge in [0.1, 0.15) is 6.10 Å². The summed E-state index contributed by atoms with van der Waals surface area (Å²) in [6.45, 7) is 0.674. The third kappa shape index (κ3) is 2.88. The zero-order valence-electron chi connectivity index (χ0n) is 9.22. The zero-order chi connectivity index (χ0) is 10.7. The van der Waals surface area contributed by atoms with Crippen molar-refractivity contribution in [3.63, 3.8) is 0 Å². The molecular weight excluding hydrogens is 190 g/mol. The summed E-state index contributed by atoms with van der Waals surface area (Å²) in [6.07, 6.45) is 8.63. The van der Waals surface area contributed by atoms with Gasteiger partial charge in [0.05, 0.1) is 12.8 Å². The molecule has 2 aliphatic rings. The minimum absolute atomic E-state index is 0.209. The van der Waals surface area contributed by atoms with Crippen LogP contribution in [0.3, 0.4) is 0 Å². The highest BCUT2D eigenvalue weighted by Gasteiger charge is 2.27. The maximum Gasteiger partial charge on any atom is 0.191 e. The Hall–Kier alpha value is -1.19. The van der Waals surface area contributed by atoms with Crippen LogP contribution in [-0.2, 0) is 4.74 Å². The Labute approximate surface area is 90.8 Å². The first-order valence-corrected chi connectivity index (χ1v) is 5.60. The first kappa shape index (κ1) is 10.3. The summed E-state index contributed by atoms with van der Waals surface area (Å²) in [6, 6.07) is 0.626. The standard InChI is InChI=1S/C11H19N3O/c1-14(9-5-6-9)11(12)13-8-10-4-2-3-7-15-10/h3,7,9-10H,2,4-6,8H2,1H3,(H2,12,13). The second-order valence-corrected chi connectivity index (χ2v) is 4.25. The predicted octanol–water partition coefficient (Wildman–Crippen LogP) is 1.09. The molecule has 0 amide bonds. The van der Waals surface area contributed by atoms with E-state index >= 15 is 0 Å². The minimum atomic E-state index is 0.209. The molecule has 1 unspecified atom stereocenters. The van der Waals surface area contributed by atoms with Crippen LogP contribution in [0.4, 0.5) is 0 Å². The number of hydrogen-bond acceptors (Lipinski definition) is 2. The van der Waals surface area contributed by atoms with Crippen LogP contribution >= 0.6 is 0 Å². The minimum Gasteiger partial charge on any atom is -0.496 e. The number of allylic oxidation sites excluding steroid dienone is 1. The number of ether oxygens (including phenoxy) is 1. The fraction of sp³-hybridized carbons (Fsp3) is 0.727. The summed E-state index contributed by atoms with van der Waals surface area (Å²) in [7, 11) is 2.01. The highest BCUT2D eigenvalue weighted by atomic mass is 16.5. The lowest BCUT2D eigenvalue weighted by Crippen LogP contribution is -2.36. The van der Waals surface area contributed by atoms with Crippen molar-refractivity contribution in [3.05, 3.63) is 12.3 Å². The molecule has 0 spiro atoms. The predicted molar refractivity (Wildman–Crippen MR) is 60.5 cm³/mol. The van der Waals surface area contributed by atoms with Crippen LogP contribution in [0.1, 0.15) is 25.7 Å². The zero-order valence-corrected chi connectivity index (χ0v) is 9.22. The van der Waals surface area contributed by atoms with Crippen LogP contribution in [0.5, 0.6) is 0 Å². The third-order valence-electron chi connectivity index (χ3n) is 2.94. The van der Waals surface area contributed by atoms with Gasteiger partial charge in [-0.25, -0.2) is 4.99 Å². The normalized spacial score (nSPS) is 26.2. The molecule has 15 heavy (non-hydrogen) atoms. The van der Waals surface area contributed by atoms with Gasteiger partial charge in [-0.15, -0.1) is 0 Å². The van der Waals surface area contributed by atoms with Crippen molar-refractivity contribution in [1.82, 2.24) is 4.90 Å². The van der Waals surface area contributed by atoms with Crippen molar-refractivity contribution in [2.24, 2.45) is 10.7 Å². The van der Waals surface area contributed by atoms with Gasteiger partial charge >= 0.3 is 0 Å². The highest BCUT2D eigenvalue weighted by Crippen LogP contribution is 2.24. The number of hydrogen-bond donors (Lipinski definition) is 1. The lowest BCUT2D eigenvalue weighted by molar-refractivity contribution is 0.131. The molecule has 0 aromatic heterocycles. The molecule has 0 saturated heterocycles. The molecule has 0 aromatic rings. The molecule has 1 fully saturated rings. The molecule has 4 heteroatoms. The van der Waals surface area contributed by atoms with Gasteiger partial charge in [0.2, 0.25) is 0 Å². The number of guanidine groups is 1. The van der Waals surface area contributed by atoms with E-state index in [1.165, 1.54) is 12.8 Å². The van der Waals surface area contributed by atoms with E-state index in [0.29, 0.717) is 18.5 Å². The Morgan fingerprint density at radius 3 is 2.93 bits per heavy atom. The topological polar surface area (TPSA) is 50.8 Å². The molecule has 1 aliphatic heterocycles. The quantitative estimate of drug-likeness (QED) is 0.559. The molecular formula is C11H19N3O. The van der Waals surface area contributed by atoms with Gasteiger partial charge in [-0.05, 0) is 31.8 Å². The van der Waals surface area contributed by atoms with Crippen LogP contribution < -0.4 is 5.73 Å². The van der Waals surface area contributed by atoms with E-state index < -0.39 is 0 Å². The summed E-state index contributed by atoms with van der Waals surface area (Å²) in [4.78, 5) is 6.44.